The zero-order chi connectivity index (χ0) is 24.4. The number of nitrogens with one attached hydrogen (secondary N) is 2. The van der Waals surface area contributed by atoms with Gasteiger partial charge in [0.15, 0.2) is 0 Å². The molecule has 2 aromatic carbocycles. The maximum Gasteiger partial charge on any atom is 0.255 e. The van der Waals surface area contributed by atoms with Gasteiger partial charge in [-0.05, 0) is 54.1 Å². The highest BCUT2D eigenvalue weighted by Gasteiger charge is 2.15. The molecule has 0 unspecified atom stereocenters. The van der Waals surface area contributed by atoms with E-state index < -0.39 is 0 Å². The third-order valence-corrected chi connectivity index (χ3v) is 5.48. The van der Waals surface area contributed by atoms with E-state index in [4.69, 9.17) is 9.47 Å². The number of imidazole rings is 1. The van der Waals surface area contributed by atoms with Crippen LogP contribution in [0.4, 0.5) is 5.69 Å². The molecule has 35 heavy (non-hydrogen) atoms. The highest BCUT2D eigenvalue weighted by molar-refractivity contribution is 6.06. The lowest BCUT2D eigenvalue weighted by molar-refractivity contribution is 0.102. The molecule has 1 amide bonds. The van der Waals surface area contributed by atoms with Crippen LogP contribution >= 0.6 is 0 Å². The lowest BCUT2D eigenvalue weighted by Crippen LogP contribution is -2.11. The van der Waals surface area contributed by atoms with Crippen LogP contribution in [0.2, 0.25) is 0 Å². The van der Waals surface area contributed by atoms with E-state index in [1.54, 1.807) is 55.8 Å². The van der Waals surface area contributed by atoms with Gasteiger partial charge in [0.25, 0.3) is 5.91 Å². The van der Waals surface area contributed by atoms with Gasteiger partial charge in [0.05, 0.1) is 42.7 Å². The highest BCUT2D eigenvalue weighted by Crippen LogP contribution is 2.35. The summed E-state index contributed by atoms with van der Waals surface area (Å²) in [6.07, 6.45) is 3.18. The number of carbonyl (C=O) groups excluding carboxylic acids is 1. The van der Waals surface area contributed by atoms with Gasteiger partial charge in [-0.15, -0.1) is 0 Å². The van der Waals surface area contributed by atoms with Crippen molar-refractivity contribution in [1.82, 2.24) is 19.9 Å². The number of benzene rings is 2. The summed E-state index contributed by atoms with van der Waals surface area (Å²) in [5.74, 6) is 1.19. The summed E-state index contributed by atoms with van der Waals surface area (Å²) in [6.45, 7) is 0. The minimum Gasteiger partial charge on any atom is -0.507 e. The standard InChI is InChI=1S/C26H21N5O4/c1-34-23-10-7-17(14-28-23)29-25(33)16-5-8-20-21(13-16)31-24(30-20)19-12-15(6-9-22(19)32)18-4-3-11-27-26(18)35-2/h3-14,32H,1-2H3,(H,29,33)(H,30,31). The maximum atomic E-state index is 12.7. The normalized spacial score (nSPS) is 10.8. The van der Waals surface area contributed by atoms with Gasteiger partial charge in [0.1, 0.15) is 11.6 Å². The Kier molecular flexibility index (Phi) is 5.72. The van der Waals surface area contributed by atoms with Crippen molar-refractivity contribution in [2.24, 2.45) is 0 Å². The number of H-pyrrole nitrogens is 1. The molecule has 0 fully saturated rings. The number of pyridine rings is 2. The summed E-state index contributed by atoms with van der Waals surface area (Å²) in [6, 6.07) is 17.5. The van der Waals surface area contributed by atoms with Gasteiger partial charge in [-0.2, -0.15) is 0 Å². The molecule has 0 bridgehead atoms. The van der Waals surface area contributed by atoms with Crippen molar-refractivity contribution in [3.63, 3.8) is 0 Å². The van der Waals surface area contributed by atoms with Gasteiger partial charge < -0.3 is 24.9 Å². The van der Waals surface area contributed by atoms with Crippen molar-refractivity contribution in [3.05, 3.63) is 78.6 Å². The largest absolute Gasteiger partial charge is 0.507 e. The molecule has 0 spiro atoms. The summed E-state index contributed by atoms with van der Waals surface area (Å²) in [5.41, 5.74) is 4.42. The number of fused-ring (bicyclic) bond motifs is 1. The van der Waals surface area contributed by atoms with Gasteiger partial charge in [0, 0.05) is 23.4 Å². The van der Waals surface area contributed by atoms with E-state index in [2.05, 4.69) is 25.3 Å². The van der Waals surface area contributed by atoms with E-state index >= 15 is 0 Å². The van der Waals surface area contributed by atoms with Crippen LogP contribution in [0, 0.1) is 0 Å². The number of ether oxygens (including phenoxy) is 2. The lowest BCUT2D eigenvalue weighted by atomic mass is 10.0. The molecule has 0 aliphatic rings. The van der Waals surface area contributed by atoms with Crippen molar-refractivity contribution in [1.29, 1.82) is 0 Å². The Morgan fingerprint density at radius 3 is 2.63 bits per heavy atom. The maximum absolute atomic E-state index is 12.7. The summed E-state index contributed by atoms with van der Waals surface area (Å²) in [4.78, 5) is 28.9. The smallest absolute Gasteiger partial charge is 0.255 e. The second kappa shape index (κ2) is 9.14. The summed E-state index contributed by atoms with van der Waals surface area (Å²) >= 11 is 0. The lowest BCUT2D eigenvalue weighted by Gasteiger charge is -2.09. The van der Waals surface area contributed by atoms with Gasteiger partial charge in [-0.3, -0.25) is 4.79 Å². The van der Waals surface area contributed by atoms with E-state index in [0.717, 1.165) is 16.6 Å². The first-order valence-electron chi connectivity index (χ1n) is 10.7. The zero-order valence-corrected chi connectivity index (χ0v) is 18.9. The Bertz CT molecular complexity index is 1530. The number of hydrogen-bond donors (Lipinski definition) is 3. The molecule has 5 rings (SSSR count). The molecule has 0 saturated carbocycles. The number of carbonyl (C=O) groups is 1. The fourth-order valence-corrected chi connectivity index (χ4v) is 3.72. The quantitative estimate of drug-likeness (QED) is 0.332. The average molecular weight is 467 g/mol. The van der Waals surface area contributed by atoms with E-state index in [-0.39, 0.29) is 11.7 Å². The molecular formula is C26H21N5O4. The van der Waals surface area contributed by atoms with E-state index in [1.807, 2.05) is 18.2 Å². The summed E-state index contributed by atoms with van der Waals surface area (Å²) < 4.78 is 10.4. The average Bonchev–Trinajstić information content (AvgIpc) is 3.32. The number of methoxy groups -OCH3 is 2. The Balaban J connectivity index is 1.45. The molecule has 9 heteroatoms. The number of rotatable bonds is 6. The van der Waals surface area contributed by atoms with Crippen LogP contribution in [0.25, 0.3) is 33.5 Å². The second-order valence-electron chi connectivity index (χ2n) is 7.65. The number of nitrogens with zero attached hydrogens (tertiary/aromatic N) is 3. The molecule has 3 N–H and O–H groups in total. The van der Waals surface area contributed by atoms with Crippen LogP contribution in [0.15, 0.2) is 73.1 Å². The number of phenols is 1. The molecule has 5 aromatic rings. The Labute approximate surface area is 200 Å². The Morgan fingerprint density at radius 2 is 1.86 bits per heavy atom. The number of phenolic OH excluding ortho intramolecular Hbond substituents is 1. The third kappa shape index (κ3) is 4.34. The van der Waals surface area contributed by atoms with Crippen LogP contribution in [0.1, 0.15) is 10.4 Å². The topological polar surface area (TPSA) is 122 Å². The van der Waals surface area contributed by atoms with Crippen LogP contribution in [0.5, 0.6) is 17.5 Å². The van der Waals surface area contributed by atoms with Crippen molar-refractivity contribution >= 4 is 22.6 Å². The van der Waals surface area contributed by atoms with Gasteiger partial charge in [-0.1, -0.05) is 6.07 Å². The molecule has 174 valence electrons. The number of aromatic amines is 1. The molecular weight excluding hydrogens is 446 g/mol. The minimum atomic E-state index is -0.295. The van der Waals surface area contributed by atoms with Crippen LogP contribution < -0.4 is 14.8 Å². The molecule has 9 nitrogen and oxygen atoms in total. The molecule has 3 aromatic heterocycles. The fourth-order valence-electron chi connectivity index (χ4n) is 3.72. The molecule has 0 aliphatic heterocycles. The van der Waals surface area contributed by atoms with E-state index in [1.165, 1.54) is 13.3 Å². The van der Waals surface area contributed by atoms with Crippen LogP contribution in [-0.2, 0) is 0 Å². The van der Waals surface area contributed by atoms with Crippen molar-refractivity contribution in [3.8, 4) is 40.0 Å². The minimum absolute atomic E-state index is 0.0700. The molecule has 0 radical (unpaired) electrons. The summed E-state index contributed by atoms with van der Waals surface area (Å²) in [5, 5.41) is 13.4. The van der Waals surface area contributed by atoms with Crippen molar-refractivity contribution < 1.29 is 19.4 Å². The molecule has 0 saturated heterocycles. The predicted octanol–water partition coefficient (Wildman–Crippen LogP) is 4.66. The zero-order valence-electron chi connectivity index (χ0n) is 18.9. The van der Waals surface area contributed by atoms with Crippen LogP contribution in [0.3, 0.4) is 0 Å². The van der Waals surface area contributed by atoms with E-state index in [9.17, 15) is 9.90 Å². The molecule has 0 aliphatic carbocycles. The summed E-state index contributed by atoms with van der Waals surface area (Å²) in [7, 11) is 3.09. The third-order valence-electron chi connectivity index (χ3n) is 5.48. The predicted molar refractivity (Wildman–Crippen MR) is 132 cm³/mol. The SMILES string of the molecule is COc1ccc(NC(=O)c2ccc3[nH]c(-c4cc(-c5cccnc5OC)ccc4O)nc3c2)cn1. The number of aromatic hydroxyl groups is 1. The van der Waals surface area contributed by atoms with Gasteiger partial charge in [-0.25, -0.2) is 15.0 Å². The van der Waals surface area contributed by atoms with Gasteiger partial charge in [0.2, 0.25) is 11.8 Å². The monoisotopic (exact) mass is 467 g/mol. The number of amides is 1. The van der Waals surface area contributed by atoms with Gasteiger partial charge >= 0.3 is 0 Å². The first kappa shape index (κ1) is 21.9. The molecule has 3 heterocycles. The Hall–Kier alpha value is -4.92. The van der Waals surface area contributed by atoms with Crippen LogP contribution in [-0.4, -0.2) is 45.2 Å². The number of hydrogen-bond acceptors (Lipinski definition) is 7. The second-order valence-corrected chi connectivity index (χ2v) is 7.65. The Morgan fingerprint density at radius 1 is 0.971 bits per heavy atom. The van der Waals surface area contributed by atoms with Crippen molar-refractivity contribution in [2.45, 2.75) is 0 Å². The van der Waals surface area contributed by atoms with Crippen molar-refractivity contribution in [2.75, 3.05) is 19.5 Å². The first-order valence-corrected chi connectivity index (χ1v) is 10.7. The molecule has 0 atom stereocenters. The number of aromatic nitrogens is 4. The first-order chi connectivity index (χ1) is 17.1. The van der Waals surface area contributed by atoms with E-state index in [0.29, 0.717) is 39.9 Å². The highest BCUT2D eigenvalue weighted by atomic mass is 16.5. The number of anilines is 1. The fraction of sp³-hybridized carbons (Fsp3) is 0.0769.